The molecule has 0 spiro atoms. The summed E-state index contributed by atoms with van der Waals surface area (Å²) in [7, 11) is 0. The third kappa shape index (κ3) is 3.72. The molecule has 0 bridgehead atoms. The van der Waals surface area contributed by atoms with Gasteiger partial charge in [0.2, 0.25) is 0 Å². The molecule has 1 aliphatic heterocycles. The van der Waals surface area contributed by atoms with Gasteiger partial charge in [0.1, 0.15) is 4.83 Å². The van der Waals surface area contributed by atoms with Gasteiger partial charge in [-0.25, -0.2) is 4.98 Å². The number of thioether (sulfide) groups is 1. The van der Waals surface area contributed by atoms with Crippen molar-refractivity contribution in [3.8, 4) is 5.69 Å². The number of hydrogen-bond acceptors (Lipinski definition) is 6. The first kappa shape index (κ1) is 22.2. The molecule has 2 aliphatic rings. The number of thiophene rings is 1. The molecular weight excluding hydrogens is 478 g/mol. The normalized spacial score (nSPS) is 17.2. The van der Waals surface area contributed by atoms with E-state index in [9.17, 15) is 14.4 Å². The summed E-state index contributed by atoms with van der Waals surface area (Å²) in [6, 6.07) is 16.4. The Morgan fingerprint density at radius 1 is 1.00 bits per heavy atom. The summed E-state index contributed by atoms with van der Waals surface area (Å²) in [6.07, 6.45) is 2.98. The van der Waals surface area contributed by atoms with E-state index in [1.807, 2.05) is 30.3 Å². The van der Waals surface area contributed by atoms with E-state index in [4.69, 9.17) is 4.98 Å². The molecule has 0 fully saturated rings. The number of hydrogen-bond donors (Lipinski definition) is 0. The van der Waals surface area contributed by atoms with E-state index in [1.165, 1.54) is 21.5 Å². The van der Waals surface area contributed by atoms with E-state index < -0.39 is 0 Å². The van der Waals surface area contributed by atoms with Crippen LogP contribution in [0.4, 0.5) is 0 Å². The molecular formula is C27H23N3O3S2. The van der Waals surface area contributed by atoms with Crippen molar-refractivity contribution in [1.29, 1.82) is 0 Å². The highest BCUT2D eigenvalue weighted by Crippen LogP contribution is 2.37. The molecule has 4 aromatic rings. The Morgan fingerprint density at radius 3 is 2.40 bits per heavy atom. The standard InChI is InChI=1S/C27H23N3O3S2/c1-16-11-12-20-21(15-16)35-23-22(20)26(33)30(17-7-3-2-4-8-17)27(28-23)34-14-13-29-24(31)18-9-5-6-10-19(18)25(29)32/h2-10,16H,11-15H2,1H3/t16-/m1/s1. The van der Waals surface area contributed by atoms with Gasteiger partial charge in [-0.2, -0.15) is 0 Å². The van der Waals surface area contributed by atoms with E-state index in [1.54, 1.807) is 40.2 Å². The lowest BCUT2D eigenvalue weighted by Gasteiger charge is -2.18. The van der Waals surface area contributed by atoms with Gasteiger partial charge in [0.05, 0.1) is 22.2 Å². The van der Waals surface area contributed by atoms with Crippen LogP contribution in [0.15, 0.2) is 64.5 Å². The second kappa shape index (κ2) is 8.77. The number of aryl methyl sites for hydroxylation is 1. The van der Waals surface area contributed by atoms with Crippen molar-refractivity contribution in [2.75, 3.05) is 12.3 Å². The number of para-hydroxylation sites is 1. The molecule has 35 heavy (non-hydrogen) atoms. The zero-order chi connectivity index (χ0) is 24.1. The highest BCUT2D eigenvalue weighted by molar-refractivity contribution is 7.99. The Bertz CT molecular complexity index is 1510. The summed E-state index contributed by atoms with van der Waals surface area (Å²) in [6.45, 7) is 2.50. The van der Waals surface area contributed by atoms with E-state index in [-0.39, 0.29) is 23.9 Å². The maximum absolute atomic E-state index is 13.8. The smallest absolute Gasteiger partial charge is 0.267 e. The third-order valence-electron chi connectivity index (χ3n) is 6.74. The Labute approximate surface area is 210 Å². The van der Waals surface area contributed by atoms with E-state index in [0.717, 1.165) is 40.7 Å². The summed E-state index contributed by atoms with van der Waals surface area (Å²) in [5.41, 5.74) is 2.77. The van der Waals surface area contributed by atoms with Gasteiger partial charge in [-0.05, 0) is 55.0 Å². The number of imide groups is 1. The molecule has 2 aromatic carbocycles. The highest BCUT2D eigenvalue weighted by atomic mass is 32.2. The predicted molar refractivity (Wildman–Crippen MR) is 139 cm³/mol. The van der Waals surface area contributed by atoms with Gasteiger partial charge in [0, 0.05) is 17.2 Å². The van der Waals surface area contributed by atoms with Gasteiger partial charge in [0.15, 0.2) is 5.16 Å². The molecule has 0 radical (unpaired) electrons. The lowest BCUT2D eigenvalue weighted by atomic mass is 9.89. The van der Waals surface area contributed by atoms with Gasteiger partial charge in [0.25, 0.3) is 17.4 Å². The van der Waals surface area contributed by atoms with Crippen molar-refractivity contribution in [3.63, 3.8) is 0 Å². The molecule has 8 heteroatoms. The molecule has 0 N–H and O–H groups in total. The fourth-order valence-corrected chi connectivity index (χ4v) is 7.30. The lowest BCUT2D eigenvalue weighted by Crippen LogP contribution is -2.32. The number of carbonyl (C=O) groups is 2. The van der Waals surface area contributed by atoms with Gasteiger partial charge in [-0.15, -0.1) is 11.3 Å². The van der Waals surface area contributed by atoms with Crippen molar-refractivity contribution >= 4 is 45.1 Å². The van der Waals surface area contributed by atoms with Crippen molar-refractivity contribution in [2.24, 2.45) is 5.92 Å². The molecule has 3 heterocycles. The molecule has 0 saturated carbocycles. The average Bonchev–Trinajstić information content (AvgIpc) is 3.34. The number of rotatable bonds is 5. The van der Waals surface area contributed by atoms with Gasteiger partial charge >= 0.3 is 0 Å². The molecule has 2 amide bonds. The summed E-state index contributed by atoms with van der Waals surface area (Å²) >= 11 is 3.03. The SMILES string of the molecule is C[C@@H]1CCc2c(sc3nc(SCCN4C(=O)c5ccccc5C4=O)n(-c4ccccc4)c(=O)c23)C1. The highest BCUT2D eigenvalue weighted by Gasteiger charge is 2.34. The molecule has 2 aromatic heterocycles. The minimum absolute atomic E-state index is 0.0449. The molecule has 1 aliphatic carbocycles. The number of aromatic nitrogens is 2. The van der Waals surface area contributed by atoms with E-state index >= 15 is 0 Å². The summed E-state index contributed by atoms with van der Waals surface area (Å²) in [5.74, 6) is 0.517. The average molecular weight is 502 g/mol. The molecule has 0 saturated heterocycles. The van der Waals surface area contributed by atoms with Gasteiger partial charge in [-0.3, -0.25) is 23.9 Å². The van der Waals surface area contributed by atoms with Crippen LogP contribution in [-0.2, 0) is 12.8 Å². The first-order valence-corrected chi connectivity index (χ1v) is 13.5. The van der Waals surface area contributed by atoms with Crippen molar-refractivity contribution in [2.45, 2.75) is 31.3 Å². The number of benzene rings is 2. The van der Waals surface area contributed by atoms with Crippen LogP contribution < -0.4 is 5.56 Å². The molecule has 6 rings (SSSR count). The van der Waals surface area contributed by atoms with Crippen LogP contribution >= 0.6 is 23.1 Å². The zero-order valence-electron chi connectivity index (χ0n) is 19.2. The number of nitrogens with zero attached hydrogens (tertiary/aromatic N) is 3. The topological polar surface area (TPSA) is 72.3 Å². The maximum Gasteiger partial charge on any atom is 0.267 e. The summed E-state index contributed by atoms with van der Waals surface area (Å²) in [5, 5.41) is 1.32. The van der Waals surface area contributed by atoms with Crippen LogP contribution in [0.5, 0.6) is 0 Å². The van der Waals surface area contributed by atoms with Crippen molar-refractivity contribution in [1.82, 2.24) is 14.5 Å². The van der Waals surface area contributed by atoms with E-state index in [0.29, 0.717) is 28.0 Å². The minimum Gasteiger partial charge on any atom is -0.273 e. The Kier molecular flexibility index (Phi) is 5.57. The van der Waals surface area contributed by atoms with Crippen LogP contribution in [-0.4, -0.2) is 38.6 Å². The molecule has 176 valence electrons. The van der Waals surface area contributed by atoms with Crippen LogP contribution in [0.25, 0.3) is 15.9 Å². The lowest BCUT2D eigenvalue weighted by molar-refractivity contribution is 0.0664. The third-order valence-corrected chi connectivity index (χ3v) is 8.80. The number of fused-ring (bicyclic) bond motifs is 4. The molecule has 1 atom stereocenters. The van der Waals surface area contributed by atoms with Gasteiger partial charge < -0.3 is 0 Å². The number of amides is 2. The number of carbonyl (C=O) groups excluding carboxylic acids is 2. The maximum atomic E-state index is 13.8. The largest absolute Gasteiger partial charge is 0.273 e. The Balaban J connectivity index is 1.35. The monoisotopic (exact) mass is 501 g/mol. The van der Waals surface area contributed by atoms with Crippen LogP contribution in [0.1, 0.15) is 44.5 Å². The van der Waals surface area contributed by atoms with Gasteiger partial charge in [-0.1, -0.05) is 49.0 Å². The van der Waals surface area contributed by atoms with Crippen molar-refractivity contribution in [3.05, 3.63) is 86.5 Å². The van der Waals surface area contributed by atoms with Crippen molar-refractivity contribution < 1.29 is 9.59 Å². The zero-order valence-corrected chi connectivity index (χ0v) is 20.8. The summed E-state index contributed by atoms with van der Waals surface area (Å²) < 4.78 is 1.68. The second-order valence-corrected chi connectivity index (χ2v) is 11.2. The molecule has 6 nitrogen and oxygen atoms in total. The van der Waals surface area contributed by atoms with E-state index in [2.05, 4.69) is 6.92 Å². The molecule has 0 unspecified atom stereocenters. The van der Waals surface area contributed by atoms with Crippen LogP contribution in [0.3, 0.4) is 0 Å². The first-order valence-electron chi connectivity index (χ1n) is 11.7. The summed E-state index contributed by atoms with van der Waals surface area (Å²) in [4.78, 5) is 47.6. The fraction of sp³-hybridized carbons (Fsp3) is 0.259. The Hall–Kier alpha value is -3.23. The Morgan fingerprint density at radius 2 is 1.69 bits per heavy atom. The second-order valence-electron chi connectivity index (χ2n) is 9.06. The van der Waals surface area contributed by atoms with Crippen LogP contribution in [0, 0.1) is 5.92 Å². The quantitative estimate of drug-likeness (QED) is 0.220. The first-order chi connectivity index (χ1) is 17.0. The van der Waals surface area contributed by atoms with Crippen LogP contribution in [0.2, 0.25) is 0 Å². The predicted octanol–water partition coefficient (Wildman–Crippen LogP) is 4.96. The fourth-order valence-electron chi connectivity index (χ4n) is 4.94. The minimum atomic E-state index is -0.268.